The van der Waals surface area contributed by atoms with Gasteiger partial charge in [0, 0.05) is 11.6 Å². The number of aryl methyl sites for hydroxylation is 2. The number of alkyl halides is 3. The molecule has 2 aromatic rings. The molecule has 0 saturated carbocycles. The Morgan fingerprint density at radius 1 is 1.05 bits per heavy atom. The van der Waals surface area contributed by atoms with E-state index >= 15 is 0 Å². The molecular formula is C16H18F3NO. The molecule has 5 heteroatoms. The smallest absolute Gasteiger partial charge is 0.416 e. The van der Waals surface area contributed by atoms with Crippen LogP contribution in [-0.4, -0.2) is 0 Å². The summed E-state index contributed by atoms with van der Waals surface area (Å²) in [5.41, 5.74) is 8.25. The summed E-state index contributed by atoms with van der Waals surface area (Å²) in [6.45, 7) is 5.66. The maximum atomic E-state index is 12.5. The molecule has 2 N–H and O–H groups in total. The second-order valence-corrected chi connectivity index (χ2v) is 5.26. The minimum atomic E-state index is -4.31. The average Bonchev–Trinajstić information content (AvgIpc) is 2.62. The summed E-state index contributed by atoms with van der Waals surface area (Å²) in [5, 5.41) is 0. The third-order valence-corrected chi connectivity index (χ3v) is 3.73. The van der Waals surface area contributed by atoms with Crippen molar-refractivity contribution in [3.8, 4) is 0 Å². The lowest BCUT2D eigenvalue weighted by Gasteiger charge is -2.13. The number of halogens is 3. The molecule has 0 fully saturated rings. The highest BCUT2D eigenvalue weighted by Gasteiger charge is 2.30. The third kappa shape index (κ3) is 3.29. The lowest BCUT2D eigenvalue weighted by molar-refractivity contribution is -0.137. The molecule has 21 heavy (non-hydrogen) atoms. The van der Waals surface area contributed by atoms with Crippen LogP contribution in [-0.2, 0) is 12.6 Å². The van der Waals surface area contributed by atoms with E-state index in [1.807, 2.05) is 20.8 Å². The van der Waals surface area contributed by atoms with Crippen LogP contribution in [0.3, 0.4) is 0 Å². The van der Waals surface area contributed by atoms with Gasteiger partial charge in [0.1, 0.15) is 11.5 Å². The summed E-state index contributed by atoms with van der Waals surface area (Å²) < 4.78 is 43.1. The average molecular weight is 297 g/mol. The van der Waals surface area contributed by atoms with Crippen molar-refractivity contribution < 1.29 is 17.6 Å². The topological polar surface area (TPSA) is 39.2 Å². The predicted molar refractivity (Wildman–Crippen MR) is 75.0 cm³/mol. The maximum Gasteiger partial charge on any atom is 0.416 e. The van der Waals surface area contributed by atoms with Gasteiger partial charge in [0.15, 0.2) is 0 Å². The van der Waals surface area contributed by atoms with Gasteiger partial charge in [-0.2, -0.15) is 13.2 Å². The third-order valence-electron chi connectivity index (χ3n) is 3.73. The van der Waals surface area contributed by atoms with Crippen molar-refractivity contribution in [2.24, 2.45) is 5.73 Å². The Kier molecular flexibility index (Phi) is 4.14. The molecule has 0 aliphatic rings. The van der Waals surface area contributed by atoms with Crippen LogP contribution in [0.25, 0.3) is 0 Å². The molecule has 2 nitrogen and oxygen atoms in total. The van der Waals surface area contributed by atoms with E-state index in [1.165, 1.54) is 12.1 Å². The second kappa shape index (κ2) is 5.56. The number of furan rings is 1. The number of hydrogen-bond donors (Lipinski definition) is 1. The minimum absolute atomic E-state index is 0.292. The van der Waals surface area contributed by atoms with E-state index in [4.69, 9.17) is 10.2 Å². The molecule has 1 aromatic heterocycles. The van der Waals surface area contributed by atoms with Gasteiger partial charge in [-0.1, -0.05) is 12.1 Å². The van der Waals surface area contributed by atoms with Crippen molar-refractivity contribution in [2.45, 2.75) is 39.4 Å². The molecule has 0 amide bonds. The first-order valence-corrected chi connectivity index (χ1v) is 6.68. The highest BCUT2D eigenvalue weighted by molar-refractivity contribution is 5.35. The van der Waals surface area contributed by atoms with Gasteiger partial charge in [0.25, 0.3) is 0 Å². The molecule has 0 aliphatic carbocycles. The summed E-state index contributed by atoms with van der Waals surface area (Å²) in [6, 6.07) is 4.82. The van der Waals surface area contributed by atoms with Crippen LogP contribution in [0.4, 0.5) is 13.2 Å². The van der Waals surface area contributed by atoms with Crippen LogP contribution in [0.15, 0.2) is 28.7 Å². The van der Waals surface area contributed by atoms with Crippen molar-refractivity contribution in [3.63, 3.8) is 0 Å². The summed E-state index contributed by atoms with van der Waals surface area (Å²) in [5.74, 6) is 1.59. The zero-order chi connectivity index (χ0) is 15.8. The maximum absolute atomic E-state index is 12.5. The Hall–Kier alpha value is -1.75. The van der Waals surface area contributed by atoms with Gasteiger partial charge in [0.2, 0.25) is 0 Å². The second-order valence-electron chi connectivity index (χ2n) is 5.26. The first-order chi connectivity index (χ1) is 9.70. The first kappa shape index (κ1) is 15.6. The van der Waals surface area contributed by atoms with E-state index in [9.17, 15) is 13.2 Å². The zero-order valence-corrected chi connectivity index (χ0v) is 12.2. The van der Waals surface area contributed by atoms with Gasteiger partial charge in [-0.25, -0.2) is 0 Å². The monoisotopic (exact) mass is 297 g/mol. The minimum Gasteiger partial charge on any atom is -0.466 e. The first-order valence-electron chi connectivity index (χ1n) is 6.68. The highest BCUT2D eigenvalue weighted by Crippen LogP contribution is 2.31. The SMILES string of the molecule is Cc1oc(C)c(C(N)Cc2ccc(C(F)(F)F)cc2)c1C. The van der Waals surface area contributed by atoms with Crippen LogP contribution in [0.5, 0.6) is 0 Å². The number of hydrogen-bond acceptors (Lipinski definition) is 2. The molecule has 114 valence electrons. The molecule has 2 rings (SSSR count). The molecule has 0 spiro atoms. The van der Waals surface area contributed by atoms with Gasteiger partial charge < -0.3 is 10.2 Å². The number of benzene rings is 1. The van der Waals surface area contributed by atoms with Crippen LogP contribution in [0.1, 0.15) is 39.8 Å². The van der Waals surface area contributed by atoms with Crippen LogP contribution < -0.4 is 5.73 Å². The Morgan fingerprint density at radius 2 is 1.62 bits per heavy atom. The van der Waals surface area contributed by atoms with Gasteiger partial charge in [-0.05, 0) is 50.5 Å². The van der Waals surface area contributed by atoms with E-state index in [2.05, 4.69) is 0 Å². The molecule has 1 aromatic carbocycles. The van der Waals surface area contributed by atoms with Crippen molar-refractivity contribution in [3.05, 3.63) is 58.0 Å². The summed E-state index contributed by atoms with van der Waals surface area (Å²) in [4.78, 5) is 0. The fourth-order valence-electron chi connectivity index (χ4n) is 2.54. The number of nitrogens with two attached hydrogens (primary N) is 1. The van der Waals surface area contributed by atoms with E-state index in [0.717, 1.165) is 40.3 Å². The van der Waals surface area contributed by atoms with E-state index in [-0.39, 0.29) is 6.04 Å². The van der Waals surface area contributed by atoms with Gasteiger partial charge in [0.05, 0.1) is 5.56 Å². The van der Waals surface area contributed by atoms with Crippen molar-refractivity contribution >= 4 is 0 Å². The van der Waals surface area contributed by atoms with Gasteiger partial charge in [-0.3, -0.25) is 0 Å². The quantitative estimate of drug-likeness (QED) is 0.908. The molecule has 0 aliphatic heterocycles. The van der Waals surface area contributed by atoms with Crippen LogP contribution >= 0.6 is 0 Å². The molecule has 0 radical (unpaired) electrons. The fourth-order valence-corrected chi connectivity index (χ4v) is 2.54. The highest BCUT2D eigenvalue weighted by atomic mass is 19.4. The van der Waals surface area contributed by atoms with Gasteiger partial charge in [-0.15, -0.1) is 0 Å². The Morgan fingerprint density at radius 3 is 2.05 bits per heavy atom. The zero-order valence-electron chi connectivity index (χ0n) is 12.2. The van der Waals surface area contributed by atoms with E-state index in [0.29, 0.717) is 6.42 Å². The lowest BCUT2D eigenvalue weighted by Crippen LogP contribution is -2.15. The Balaban J connectivity index is 2.18. The summed E-state index contributed by atoms with van der Waals surface area (Å²) in [7, 11) is 0. The van der Waals surface area contributed by atoms with E-state index in [1.54, 1.807) is 0 Å². The van der Waals surface area contributed by atoms with Crippen molar-refractivity contribution in [1.82, 2.24) is 0 Å². The largest absolute Gasteiger partial charge is 0.466 e. The molecule has 0 saturated heterocycles. The molecule has 0 bridgehead atoms. The number of rotatable bonds is 3. The van der Waals surface area contributed by atoms with Crippen molar-refractivity contribution in [2.75, 3.05) is 0 Å². The predicted octanol–water partition coefficient (Wildman–Crippen LogP) is 4.47. The Bertz CT molecular complexity index is 626. The molecule has 1 atom stereocenters. The molecule has 1 heterocycles. The van der Waals surface area contributed by atoms with Crippen molar-refractivity contribution in [1.29, 1.82) is 0 Å². The summed E-state index contributed by atoms with van der Waals surface area (Å²) >= 11 is 0. The summed E-state index contributed by atoms with van der Waals surface area (Å²) in [6.07, 6.45) is -3.84. The van der Waals surface area contributed by atoms with E-state index < -0.39 is 11.7 Å². The van der Waals surface area contributed by atoms with Crippen LogP contribution in [0, 0.1) is 20.8 Å². The van der Waals surface area contributed by atoms with Gasteiger partial charge >= 0.3 is 6.18 Å². The normalized spacial score (nSPS) is 13.5. The Labute approximate surface area is 121 Å². The standard InChI is InChI=1S/C16H18F3NO/c1-9-10(2)21-11(3)15(9)14(20)8-12-4-6-13(7-5-12)16(17,18)19/h4-7,14H,8,20H2,1-3H3. The van der Waals surface area contributed by atoms with Crippen LogP contribution in [0.2, 0.25) is 0 Å². The lowest BCUT2D eigenvalue weighted by atomic mass is 9.96. The molecular weight excluding hydrogens is 279 g/mol. The molecule has 1 unspecified atom stereocenters. The fraction of sp³-hybridized carbons (Fsp3) is 0.375.